The molecule has 0 radical (unpaired) electrons. The summed E-state index contributed by atoms with van der Waals surface area (Å²) < 4.78 is 10.2. The van der Waals surface area contributed by atoms with Crippen molar-refractivity contribution in [3.63, 3.8) is 0 Å². The van der Waals surface area contributed by atoms with Crippen molar-refractivity contribution in [1.82, 2.24) is 0 Å². The van der Waals surface area contributed by atoms with Crippen molar-refractivity contribution in [3.05, 3.63) is 54.6 Å². The molecule has 5 nitrogen and oxygen atoms in total. The molecule has 0 atom stereocenters. The van der Waals surface area contributed by atoms with Gasteiger partial charge in [0, 0.05) is 24.5 Å². The highest BCUT2D eigenvalue weighted by Crippen LogP contribution is 2.23. The molecule has 2 aromatic carbocycles. The van der Waals surface area contributed by atoms with Crippen LogP contribution in [0.1, 0.15) is 49.4 Å². The molecule has 0 aliphatic carbocycles. The number of unbranched alkanes of at least 4 members (excludes halogenated alkanes) is 2. The fourth-order valence-corrected chi connectivity index (χ4v) is 2.63. The maximum atomic E-state index is 12.0. The van der Waals surface area contributed by atoms with Gasteiger partial charge in [0.05, 0.1) is 6.61 Å². The number of benzene rings is 2. The maximum absolute atomic E-state index is 12.0. The molecule has 0 N–H and O–H groups in total. The number of carbonyl (C=O) groups excluding carboxylic acids is 3. The molecule has 0 saturated heterocycles. The number of esters is 2. The van der Waals surface area contributed by atoms with Crippen LogP contribution in [0.4, 0.5) is 0 Å². The van der Waals surface area contributed by atoms with E-state index in [1.807, 2.05) is 25.1 Å². The van der Waals surface area contributed by atoms with E-state index in [-0.39, 0.29) is 11.8 Å². The van der Waals surface area contributed by atoms with Crippen molar-refractivity contribution in [2.24, 2.45) is 0 Å². The zero-order chi connectivity index (χ0) is 19.6. The van der Waals surface area contributed by atoms with Crippen molar-refractivity contribution in [2.45, 2.75) is 39.0 Å². The van der Waals surface area contributed by atoms with Crippen LogP contribution in [0.5, 0.6) is 5.75 Å². The van der Waals surface area contributed by atoms with Crippen molar-refractivity contribution in [3.8, 4) is 5.75 Å². The normalized spacial score (nSPS) is 10.4. The third-order valence-electron chi connectivity index (χ3n) is 4.12. The molecule has 0 heterocycles. The van der Waals surface area contributed by atoms with E-state index in [0.29, 0.717) is 43.6 Å². The number of Topliss-reactive ketones (excluding diaryl/α,β-unsaturated/α-hetero) is 1. The van der Waals surface area contributed by atoms with Crippen LogP contribution in [0.15, 0.2) is 49.1 Å². The van der Waals surface area contributed by atoms with Gasteiger partial charge in [0.2, 0.25) is 0 Å². The molecule has 0 aliphatic heterocycles. The van der Waals surface area contributed by atoms with E-state index in [1.165, 1.54) is 0 Å². The van der Waals surface area contributed by atoms with Gasteiger partial charge in [-0.05, 0) is 48.2 Å². The highest BCUT2D eigenvalue weighted by atomic mass is 16.5. The van der Waals surface area contributed by atoms with E-state index in [9.17, 15) is 14.4 Å². The van der Waals surface area contributed by atoms with Crippen LogP contribution in [-0.2, 0) is 14.3 Å². The molecule has 0 amide bonds. The van der Waals surface area contributed by atoms with Gasteiger partial charge in [-0.3, -0.25) is 9.59 Å². The summed E-state index contributed by atoms with van der Waals surface area (Å²) in [7, 11) is 0. The van der Waals surface area contributed by atoms with Gasteiger partial charge >= 0.3 is 11.9 Å². The Kier molecular flexibility index (Phi) is 7.74. The SMILES string of the molecule is C=CC(=O)OCCCCCC(=O)Oc1ccc2cc(C(=O)CC)ccc2c1. The largest absolute Gasteiger partial charge is 0.463 e. The molecule has 2 aromatic rings. The number of fused-ring (bicyclic) bond motifs is 1. The van der Waals surface area contributed by atoms with Crippen LogP contribution in [0.3, 0.4) is 0 Å². The first-order valence-electron chi connectivity index (χ1n) is 9.10. The zero-order valence-electron chi connectivity index (χ0n) is 15.5. The zero-order valence-corrected chi connectivity index (χ0v) is 15.5. The monoisotopic (exact) mass is 368 g/mol. The second-order valence-electron chi connectivity index (χ2n) is 6.16. The minimum absolute atomic E-state index is 0.103. The minimum atomic E-state index is -0.433. The fourth-order valence-electron chi connectivity index (χ4n) is 2.63. The van der Waals surface area contributed by atoms with Crippen molar-refractivity contribution >= 4 is 28.5 Å². The summed E-state index contributed by atoms with van der Waals surface area (Å²) in [6, 6.07) is 10.9. The Labute approximate surface area is 159 Å². The molecule has 0 fully saturated rings. The first-order valence-corrected chi connectivity index (χ1v) is 9.10. The lowest BCUT2D eigenvalue weighted by Gasteiger charge is -2.07. The predicted molar refractivity (Wildman–Crippen MR) is 104 cm³/mol. The first kappa shape index (κ1) is 20.4. The second-order valence-corrected chi connectivity index (χ2v) is 6.16. The third kappa shape index (κ3) is 6.37. The Balaban J connectivity index is 1.81. The second kappa shape index (κ2) is 10.3. The van der Waals surface area contributed by atoms with Gasteiger partial charge in [0.25, 0.3) is 0 Å². The molecular formula is C22H24O5. The van der Waals surface area contributed by atoms with Crippen molar-refractivity contribution < 1.29 is 23.9 Å². The lowest BCUT2D eigenvalue weighted by molar-refractivity contribution is -0.138. The molecule has 0 unspecified atom stereocenters. The van der Waals surface area contributed by atoms with E-state index in [4.69, 9.17) is 9.47 Å². The molecule has 0 aromatic heterocycles. The Bertz CT molecular complexity index is 838. The summed E-state index contributed by atoms with van der Waals surface area (Å²) in [5, 5.41) is 1.85. The first-order chi connectivity index (χ1) is 13.0. The standard InChI is InChI=1S/C22H24O5/c1-3-20(23)18-10-9-17-15-19(12-11-16(17)14-18)27-22(25)8-6-5-7-13-26-21(24)4-2/h4,9-12,14-15H,2-3,5-8,13H2,1H3. The molecule has 2 rings (SSSR count). The Morgan fingerprint density at radius 2 is 1.74 bits per heavy atom. The van der Waals surface area contributed by atoms with E-state index >= 15 is 0 Å². The lowest BCUT2D eigenvalue weighted by Crippen LogP contribution is -2.08. The van der Waals surface area contributed by atoms with Gasteiger partial charge in [0.15, 0.2) is 5.78 Å². The van der Waals surface area contributed by atoms with Crippen LogP contribution in [0, 0.1) is 0 Å². The summed E-state index contributed by atoms with van der Waals surface area (Å²) in [5.41, 5.74) is 0.688. The van der Waals surface area contributed by atoms with Crippen LogP contribution in [0.2, 0.25) is 0 Å². The van der Waals surface area contributed by atoms with Crippen LogP contribution < -0.4 is 4.74 Å². The van der Waals surface area contributed by atoms with E-state index in [1.54, 1.807) is 18.2 Å². The Morgan fingerprint density at radius 3 is 2.48 bits per heavy atom. The van der Waals surface area contributed by atoms with Gasteiger partial charge in [0.1, 0.15) is 5.75 Å². The maximum Gasteiger partial charge on any atom is 0.330 e. The smallest absolute Gasteiger partial charge is 0.330 e. The summed E-state index contributed by atoms with van der Waals surface area (Å²) in [5.74, 6) is -0.138. The number of hydrogen-bond acceptors (Lipinski definition) is 5. The van der Waals surface area contributed by atoms with Gasteiger partial charge in [-0.25, -0.2) is 4.79 Å². The predicted octanol–water partition coefficient (Wildman–Crippen LogP) is 4.63. The minimum Gasteiger partial charge on any atom is -0.463 e. The molecule has 5 heteroatoms. The molecule has 142 valence electrons. The average Bonchev–Trinajstić information content (AvgIpc) is 2.69. The number of rotatable bonds is 10. The number of ether oxygens (including phenoxy) is 2. The van der Waals surface area contributed by atoms with Gasteiger partial charge in [-0.2, -0.15) is 0 Å². The fraction of sp³-hybridized carbons (Fsp3) is 0.318. The average molecular weight is 368 g/mol. The van der Waals surface area contributed by atoms with E-state index in [0.717, 1.165) is 23.3 Å². The molecule has 0 aliphatic rings. The van der Waals surface area contributed by atoms with Crippen LogP contribution in [-0.4, -0.2) is 24.3 Å². The summed E-state index contributed by atoms with van der Waals surface area (Å²) in [6.07, 6.45) is 4.03. The molecule has 0 saturated carbocycles. The summed E-state index contributed by atoms with van der Waals surface area (Å²) >= 11 is 0. The van der Waals surface area contributed by atoms with E-state index in [2.05, 4.69) is 6.58 Å². The number of carbonyl (C=O) groups is 3. The number of ketones is 1. The van der Waals surface area contributed by atoms with Gasteiger partial charge in [-0.1, -0.05) is 31.7 Å². The van der Waals surface area contributed by atoms with Crippen LogP contribution >= 0.6 is 0 Å². The molecular weight excluding hydrogens is 344 g/mol. The summed E-state index contributed by atoms with van der Waals surface area (Å²) in [4.78, 5) is 34.6. The number of hydrogen-bond donors (Lipinski definition) is 0. The lowest BCUT2D eigenvalue weighted by atomic mass is 10.0. The van der Waals surface area contributed by atoms with Crippen LogP contribution in [0.25, 0.3) is 10.8 Å². The highest BCUT2D eigenvalue weighted by Gasteiger charge is 2.08. The van der Waals surface area contributed by atoms with E-state index < -0.39 is 5.97 Å². The third-order valence-corrected chi connectivity index (χ3v) is 4.12. The molecule has 0 spiro atoms. The Morgan fingerprint density at radius 1 is 1.00 bits per heavy atom. The van der Waals surface area contributed by atoms with Crippen molar-refractivity contribution in [2.75, 3.05) is 6.61 Å². The Hall–Kier alpha value is -2.95. The van der Waals surface area contributed by atoms with Gasteiger partial charge < -0.3 is 9.47 Å². The molecule has 0 bridgehead atoms. The molecule has 27 heavy (non-hydrogen) atoms. The van der Waals surface area contributed by atoms with Crippen molar-refractivity contribution in [1.29, 1.82) is 0 Å². The summed E-state index contributed by atoms with van der Waals surface area (Å²) in [6.45, 7) is 5.49. The quantitative estimate of drug-likeness (QED) is 0.201. The van der Waals surface area contributed by atoms with Gasteiger partial charge in [-0.15, -0.1) is 0 Å². The topological polar surface area (TPSA) is 69.7 Å². The highest BCUT2D eigenvalue weighted by molar-refractivity contribution is 6.00.